The molecule has 7 heteroatoms. The molecule has 0 saturated heterocycles. The van der Waals surface area contributed by atoms with Crippen LogP contribution in [0, 0.1) is 0 Å². The molecule has 3 aromatic rings. The molecule has 24 heavy (non-hydrogen) atoms. The lowest BCUT2D eigenvalue weighted by atomic mass is 10.3. The van der Waals surface area contributed by atoms with Crippen molar-refractivity contribution in [3.8, 4) is 5.75 Å². The fourth-order valence-electron chi connectivity index (χ4n) is 1.93. The molecule has 2 aromatic heterocycles. The summed E-state index contributed by atoms with van der Waals surface area (Å²) in [6.07, 6.45) is 3.38. The van der Waals surface area contributed by atoms with E-state index in [2.05, 4.69) is 20.6 Å². The Morgan fingerprint density at radius 2 is 1.92 bits per heavy atom. The minimum Gasteiger partial charge on any atom is -0.492 e. The van der Waals surface area contributed by atoms with Crippen LogP contribution in [0.4, 0.5) is 10.8 Å². The minimum absolute atomic E-state index is 0.217. The number of para-hydroxylation sites is 1. The highest BCUT2D eigenvalue weighted by atomic mass is 32.1. The van der Waals surface area contributed by atoms with Gasteiger partial charge in [-0.2, -0.15) is 0 Å². The summed E-state index contributed by atoms with van der Waals surface area (Å²) in [6, 6.07) is 13.2. The molecule has 0 aliphatic heterocycles. The molecule has 0 radical (unpaired) electrons. The van der Waals surface area contributed by atoms with Crippen LogP contribution in [0.2, 0.25) is 0 Å². The maximum Gasteiger partial charge on any atom is 0.270 e. The van der Waals surface area contributed by atoms with Crippen LogP contribution in [0.5, 0.6) is 5.75 Å². The molecule has 1 amide bonds. The van der Waals surface area contributed by atoms with Gasteiger partial charge in [0, 0.05) is 23.5 Å². The second kappa shape index (κ2) is 8.07. The van der Waals surface area contributed by atoms with Crippen LogP contribution in [-0.4, -0.2) is 29.0 Å². The number of aromatic nitrogens is 2. The molecule has 6 nitrogen and oxygen atoms in total. The van der Waals surface area contributed by atoms with Gasteiger partial charge in [-0.25, -0.2) is 4.98 Å². The highest BCUT2D eigenvalue weighted by molar-refractivity contribution is 7.14. The number of hydrogen-bond acceptors (Lipinski definition) is 6. The first-order valence-electron chi connectivity index (χ1n) is 7.40. The molecule has 0 atom stereocenters. The van der Waals surface area contributed by atoms with E-state index in [-0.39, 0.29) is 5.91 Å². The second-order valence-corrected chi connectivity index (χ2v) is 5.67. The number of carbonyl (C=O) groups is 1. The quantitative estimate of drug-likeness (QED) is 0.646. The number of hydrogen-bond donors (Lipinski definition) is 2. The predicted octanol–water partition coefficient (Wildman–Crippen LogP) is 3.09. The number of carbonyl (C=O) groups excluding carboxylic acids is 1. The molecule has 0 saturated carbocycles. The Balaban J connectivity index is 1.45. The molecule has 2 N–H and O–H groups in total. The van der Waals surface area contributed by atoms with Gasteiger partial charge in [0.2, 0.25) is 0 Å². The number of anilines is 2. The third-order valence-electron chi connectivity index (χ3n) is 3.07. The summed E-state index contributed by atoms with van der Waals surface area (Å²) in [6.45, 7) is 0.820. The molecule has 2 heterocycles. The molecule has 0 aliphatic rings. The van der Waals surface area contributed by atoms with Gasteiger partial charge in [-0.1, -0.05) is 18.2 Å². The average Bonchev–Trinajstić information content (AvgIpc) is 3.09. The Morgan fingerprint density at radius 3 is 2.71 bits per heavy atom. The Kier molecular flexibility index (Phi) is 5.36. The van der Waals surface area contributed by atoms with Crippen molar-refractivity contribution in [1.82, 2.24) is 15.3 Å². The molecule has 122 valence electrons. The molecular formula is C17H16N4O2S. The van der Waals surface area contributed by atoms with E-state index in [4.69, 9.17) is 4.74 Å². The average molecular weight is 340 g/mol. The second-order valence-electron chi connectivity index (χ2n) is 4.82. The zero-order valence-corrected chi connectivity index (χ0v) is 13.6. The van der Waals surface area contributed by atoms with E-state index in [0.29, 0.717) is 24.0 Å². The third kappa shape index (κ3) is 4.53. The van der Waals surface area contributed by atoms with Gasteiger partial charge < -0.3 is 15.4 Å². The Labute approximate surface area is 143 Å². The van der Waals surface area contributed by atoms with Crippen molar-refractivity contribution in [2.24, 2.45) is 0 Å². The van der Waals surface area contributed by atoms with Gasteiger partial charge in [-0.3, -0.25) is 9.78 Å². The van der Waals surface area contributed by atoms with Crippen molar-refractivity contribution in [1.29, 1.82) is 0 Å². The van der Waals surface area contributed by atoms with Crippen molar-refractivity contribution in [3.63, 3.8) is 0 Å². The Hall–Kier alpha value is -2.93. The molecule has 0 unspecified atom stereocenters. The summed E-state index contributed by atoms with van der Waals surface area (Å²) in [5, 5.41) is 8.30. The van der Waals surface area contributed by atoms with E-state index in [0.717, 1.165) is 11.4 Å². The summed E-state index contributed by atoms with van der Waals surface area (Å²) in [5.41, 5.74) is 1.26. The highest BCUT2D eigenvalue weighted by Crippen LogP contribution is 2.20. The van der Waals surface area contributed by atoms with Crippen molar-refractivity contribution in [2.75, 3.05) is 18.5 Å². The van der Waals surface area contributed by atoms with Crippen LogP contribution >= 0.6 is 11.3 Å². The van der Waals surface area contributed by atoms with Gasteiger partial charge in [0.1, 0.15) is 18.1 Å². The number of pyridine rings is 1. The summed E-state index contributed by atoms with van der Waals surface area (Å²) in [4.78, 5) is 20.3. The SMILES string of the molecule is O=C(NCCOc1ccccc1)c1csc(Nc2ccncc2)n1. The van der Waals surface area contributed by atoms with Crippen LogP contribution in [-0.2, 0) is 0 Å². The molecule has 1 aromatic carbocycles. The normalized spacial score (nSPS) is 10.2. The number of nitrogens with one attached hydrogen (secondary N) is 2. The van der Waals surface area contributed by atoms with E-state index in [1.165, 1.54) is 11.3 Å². The molecule has 0 fully saturated rings. The standard InChI is InChI=1S/C17H16N4O2S/c22-16(19-10-11-23-14-4-2-1-3-5-14)15-12-24-17(21-15)20-13-6-8-18-9-7-13/h1-9,12H,10-11H2,(H,19,22)(H,18,20,21). The van der Waals surface area contributed by atoms with E-state index in [9.17, 15) is 4.79 Å². The van der Waals surface area contributed by atoms with E-state index in [1.807, 2.05) is 42.5 Å². The van der Waals surface area contributed by atoms with Crippen LogP contribution < -0.4 is 15.4 Å². The number of amides is 1. The number of ether oxygens (including phenoxy) is 1. The van der Waals surface area contributed by atoms with Crippen molar-refractivity contribution in [2.45, 2.75) is 0 Å². The van der Waals surface area contributed by atoms with Gasteiger partial charge in [-0.15, -0.1) is 11.3 Å². The lowest BCUT2D eigenvalue weighted by molar-refractivity contribution is 0.0943. The summed E-state index contributed by atoms with van der Waals surface area (Å²) in [7, 11) is 0. The lowest BCUT2D eigenvalue weighted by Gasteiger charge is -2.06. The first-order valence-corrected chi connectivity index (χ1v) is 8.28. The van der Waals surface area contributed by atoms with Crippen molar-refractivity contribution < 1.29 is 9.53 Å². The van der Waals surface area contributed by atoms with Gasteiger partial charge in [0.25, 0.3) is 5.91 Å². The number of rotatable bonds is 7. The zero-order chi connectivity index (χ0) is 16.6. The van der Waals surface area contributed by atoms with E-state index < -0.39 is 0 Å². The van der Waals surface area contributed by atoms with Crippen LogP contribution in [0.1, 0.15) is 10.5 Å². The summed E-state index contributed by atoms with van der Waals surface area (Å²) < 4.78 is 5.53. The maximum atomic E-state index is 12.1. The topological polar surface area (TPSA) is 76.1 Å². The minimum atomic E-state index is -0.217. The van der Waals surface area contributed by atoms with Crippen molar-refractivity contribution >= 4 is 28.1 Å². The molecular weight excluding hydrogens is 324 g/mol. The lowest BCUT2D eigenvalue weighted by Crippen LogP contribution is -2.28. The Morgan fingerprint density at radius 1 is 1.12 bits per heavy atom. The van der Waals surface area contributed by atoms with E-state index in [1.54, 1.807) is 17.8 Å². The zero-order valence-electron chi connectivity index (χ0n) is 12.8. The van der Waals surface area contributed by atoms with E-state index >= 15 is 0 Å². The smallest absolute Gasteiger partial charge is 0.270 e. The number of thiazole rings is 1. The fourth-order valence-corrected chi connectivity index (χ4v) is 2.65. The monoisotopic (exact) mass is 340 g/mol. The Bertz CT molecular complexity index is 778. The van der Waals surface area contributed by atoms with Gasteiger partial charge in [-0.05, 0) is 24.3 Å². The number of nitrogens with zero attached hydrogens (tertiary/aromatic N) is 2. The molecule has 0 aliphatic carbocycles. The van der Waals surface area contributed by atoms with Gasteiger partial charge in [0.15, 0.2) is 5.13 Å². The highest BCUT2D eigenvalue weighted by Gasteiger charge is 2.10. The van der Waals surface area contributed by atoms with Gasteiger partial charge in [0.05, 0.1) is 6.54 Å². The maximum absolute atomic E-state index is 12.1. The van der Waals surface area contributed by atoms with Crippen LogP contribution in [0.25, 0.3) is 0 Å². The summed E-state index contributed by atoms with van der Waals surface area (Å²) >= 11 is 1.37. The molecule has 0 bridgehead atoms. The molecule has 0 spiro atoms. The fraction of sp³-hybridized carbons (Fsp3) is 0.118. The largest absolute Gasteiger partial charge is 0.492 e. The van der Waals surface area contributed by atoms with Crippen LogP contribution in [0.15, 0.2) is 60.2 Å². The first kappa shape index (κ1) is 15.9. The van der Waals surface area contributed by atoms with Crippen LogP contribution in [0.3, 0.4) is 0 Å². The number of benzene rings is 1. The summed E-state index contributed by atoms with van der Waals surface area (Å²) in [5.74, 6) is 0.565. The predicted molar refractivity (Wildman–Crippen MR) is 93.9 cm³/mol. The third-order valence-corrected chi connectivity index (χ3v) is 3.83. The molecule has 3 rings (SSSR count). The first-order chi connectivity index (χ1) is 11.8. The van der Waals surface area contributed by atoms with Crippen molar-refractivity contribution in [3.05, 3.63) is 65.9 Å². The van der Waals surface area contributed by atoms with Gasteiger partial charge >= 0.3 is 0 Å².